The molecule has 3 heteroatoms. The van der Waals surface area contributed by atoms with E-state index in [0.717, 1.165) is 11.3 Å². The van der Waals surface area contributed by atoms with Crippen LogP contribution >= 0.6 is 11.3 Å². The van der Waals surface area contributed by atoms with Crippen molar-refractivity contribution >= 4 is 11.3 Å². The Balaban J connectivity index is 1.81. The van der Waals surface area contributed by atoms with Crippen molar-refractivity contribution in [1.29, 1.82) is 0 Å². The van der Waals surface area contributed by atoms with Gasteiger partial charge < -0.3 is 9.84 Å². The van der Waals surface area contributed by atoms with Gasteiger partial charge in [-0.3, -0.25) is 0 Å². The van der Waals surface area contributed by atoms with Gasteiger partial charge >= 0.3 is 0 Å². The highest BCUT2D eigenvalue weighted by atomic mass is 32.1. The van der Waals surface area contributed by atoms with Crippen LogP contribution in [0.4, 0.5) is 0 Å². The van der Waals surface area contributed by atoms with Crippen LogP contribution in [-0.2, 0) is 0 Å². The van der Waals surface area contributed by atoms with Gasteiger partial charge in [0.1, 0.15) is 5.75 Å². The lowest BCUT2D eigenvalue weighted by molar-refractivity contribution is 0.140. The summed E-state index contributed by atoms with van der Waals surface area (Å²) in [5, 5.41) is 12.0. The Hall–Kier alpha value is -1.32. The zero-order chi connectivity index (χ0) is 12.1. The van der Waals surface area contributed by atoms with Crippen molar-refractivity contribution < 1.29 is 9.84 Å². The Labute approximate surface area is 105 Å². The molecule has 0 fully saturated rings. The van der Waals surface area contributed by atoms with E-state index in [-0.39, 0.29) is 0 Å². The first kappa shape index (κ1) is 12.1. The number of aliphatic hydroxyl groups excluding tert-OH is 1. The fraction of sp³-hybridized carbons (Fsp3) is 0.286. The molecule has 0 saturated heterocycles. The van der Waals surface area contributed by atoms with Gasteiger partial charge in [0, 0.05) is 11.3 Å². The van der Waals surface area contributed by atoms with Gasteiger partial charge in [-0.1, -0.05) is 18.2 Å². The number of benzene rings is 1. The van der Waals surface area contributed by atoms with Crippen molar-refractivity contribution in [1.82, 2.24) is 0 Å². The highest BCUT2D eigenvalue weighted by Gasteiger charge is 2.11. The summed E-state index contributed by atoms with van der Waals surface area (Å²) in [6.07, 6.45) is 0.192. The molecule has 1 aromatic carbocycles. The van der Waals surface area contributed by atoms with Gasteiger partial charge in [0.25, 0.3) is 0 Å². The van der Waals surface area contributed by atoms with Crippen LogP contribution in [0.5, 0.6) is 5.75 Å². The molecule has 0 aliphatic rings. The third-order valence-corrected chi connectivity index (χ3v) is 3.52. The number of ether oxygens (including phenoxy) is 1. The standard InChI is InChI=1S/C14H16O2S/c1-11-13(8-10-17-11)14(15)7-9-16-12-5-3-2-4-6-12/h2-6,8,10,14-15H,7,9H2,1H3. The number of hydrogen-bond donors (Lipinski definition) is 1. The molecule has 0 radical (unpaired) electrons. The molecule has 0 saturated carbocycles. The average molecular weight is 248 g/mol. The van der Waals surface area contributed by atoms with Crippen LogP contribution in [0.15, 0.2) is 41.8 Å². The molecule has 1 aromatic heterocycles. The molecule has 1 unspecified atom stereocenters. The second kappa shape index (κ2) is 5.84. The van der Waals surface area contributed by atoms with Crippen LogP contribution in [0.3, 0.4) is 0 Å². The molecule has 17 heavy (non-hydrogen) atoms. The van der Waals surface area contributed by atoms with Crippen molar-refractivity contribution in [3.8, 4) is 5.75 Å². The van der Waals surface area contributed by atoms with Crippen molar-refractivity contribution in [2.45, 2.75) is 19.4 Å². The monoisotopic (exact) mass is 248 g/mol. The maximum absolute atomic E-state index is 9.99. The minimum atomic E-state index is -0.426. The molecule has 1 N–H and O–H groups in total. The van der Waals surface area contributed by atoms with E-state index < -0.39 is 6.10 Å². The Morgan fingerprint density at radius 3 is 2.65 bits per heavy atom. The quantitative estimate of drug-likeness (QED) is 0.876. The molecule has 0 spiro atoms. The van der Waals surface area contributed by atoms with E-state index in [0.29, 0.717) is 13.0 Å². The minimum absolute atomic E-state index is 0.426. The minimum Gasteiger partial charge on any atom is -0.493 e. The second-order valence-electron chi connectivity index (χ2n) is 3.90. The van der Waals surface area contributed by atoms with E-state index in [4.69, 9.17) is 4.74 Å². The van der Waals surface area contributed by atoms with Crippen molar-refractivity contribution in [2.75, 3.05) is 6.61 Å². The largest absolute Gasteiger partial charge is 0.493 e. The fourth-order valence-electron chi connectivity index (χ4n) is 1.70. The number of rotatable bonds is 5. The smallest absolute Gasteiger partial charge is 0.119 e. The van der Waals surface area contributed by atoms with Crippen LogP contribution in [-0.4, -0.2) is 11.7 Å². The molecule has 0 bridgehead atoms. The predicted octanol–water partition coefficient (Wildman–Crippen LogP) is 3.56. The van der Waals surface area contributed by atoms with E-state index in [1.165, 1.54) is 4.88 Å². The summed E-state index contributed by atoms with van der Waals surface area (Å²) in [5.74, 6) is 0.849. The Kier molecular flexibility index (Phi) is 4.18. The second-order valence-corrected chi connectivity index (χ2v) is 5.02. The van der Waals surface area contributed by atoms with Crippen molar-refractivity contribution in [3.05, 3.63) is 52.2 Å². The molecule has 2 rings (SSSR count). The molecule has 0 amide bonds. The lowest BCUT2D eigenvalue weighted by Gasteiger charge is -2.11. The van der Waals surface area contributed by atoms with Crippen LogP contribution in [0.2, 0.25) is 0 Å². The van der Waals surface area contributed by atoms with Gasteiger partial charge in [-0.2, -0.15) is 0 Å². The molecule has 1 heterocycles. The third kappa shape index (κ3) is 3.32. The summed E-state index contributed by atoms with van der Waals surface area (Å²) >= 11 is 1.66. The van der Waals surface area contributed by atoms with Crippen LogP contribution in [0, 0.1) is 6.92 Å². The van der Waals surface area contributed by atoms with Crippen LogP contribution in [0.1, 0.15) is 23.0 Å². The number of aliphatic hydroxyl groups is 1. The first-order valence-corrected chi connectivity index (χ1v) is 6.55. The van der Waals surface area contributed by atoms with Crippen molar-refractivity contribution in [2.24, 2.45) is 0 Å². The SMILES string of the molecule is Cc1sccc1C(O)CCOc1ccccc1. The molecule has 0 aliphatic carbocycles. The highest BCUT2D eigenvalue weighted by Crippen LogP contribution is 2.24. The third-order valence-electron chi connectivity index (χ3n) is 2.66. The van der Waals surface area contributed by atoms with Crippen LogP contribution < -0.4 is 4.74 Å². The lowest BCUT2D eigenvalue weighted by atomic mass is 10.1. The highest BCUT2D eigenvalue weighted by molar-refractivity contribution is 7.10. The van der Waals surface area contributed by atoms with E-state index in [2.05, 4.69) is 0 Å². The van der Waals surface area contributed by atoms with Crippen molar-refractivity contribution in [3.63, 3.8) is 0 Å². The van der Waals surface area contributed by atoms with Gasteiger partial charge in [0.2, 0.25) is 0 Å². The first-order chi connectivity index (χ1) is 8.27. The van der Waals surface area contributed by atoms with Gasteiger partial charge in [0.05, 0.1) is 12.7 Å². The summed E-state index contributed by atoms with van der Waals surface area (Å²) < 4.78 is 5.56. The normalized spacial score (nSPS) is 12.4. The lowest BCUT2D eigenvalue weighted by Crippen LogP contribution is -2.05. The number of hydrogen-bond acceptors (Lipinski definition) is 3. The van der Waals surface area contributed by atoms with Gasteiger partial charge in [-0.25, -0.2) is 0 Å². The predicted molar refractivity (Wildman–Crippen MR) is 70.6 cm³/mol. The fourth-order valence-corrected chi connectivity index (χ4v) is 2.46. The first-order valence-electron chi connectivity index (χ1n) is 5.67. The average Bonchev–Trinajstić information content (AvgIpc) is 2.77. The van der Waals surface area contributed by atoms with Gasteiger partial charge in [0.15, 0.2) is 0 Å². The summed E-state index contributed by atoms with van der Waals surface area (Å²) in [7, 11) is 0. The molecular formula is C14H16O2S. The van der Waals surface area contributed by atoms with Crippen LogP contribution in [0.25, 0.3) is 0 Å². The molecule has 1 atom stereocenters. The summed E-state index contributed by atoms with van der Waals surface area (Å²) in [4.78, 5) is 1.18. The Morgan fingerprint density at radius 2 is 2.00 bits per heavy atom. The number of para-hydroxylation sites is 1. The molecule has 2 aromatic rings. The molecule has 0 aliphatic heterocycles. The van der Waals surface area contributed by atoms with E-state index >= 15 is 0 Å². The number of aryl methyl sites for hydroxylation is 1. The molecule has 90 valence electrons. The topological polar surface area (TPSA) is 29.5 Å². The van der Waals surface area contributed by atoms with E-state index in [1.54, 1.807) is 11.3 Å². The zero-order valence-corrected chi connectivity index (χ0v) is 10.6. The summed E-state index contributed by atoms with van der Waals surface area (Å²) in [5.41, 5.74) is 1.02. The maximum atomic E-state index is 9.99. The Bertz CT molecular complexity index is 450. The number of thiophene rings is 1. The Morgan fingerprint density at radius 1 is 1.24 bits per heavy atom. The van der Waals surface area contributed by atoms with Gasteiger partial charge in [-0.15, -0.1) is 11.3 Å². The van der Waals surface area contributed by atoms with E-state index in [9.17, 15) is 5.11 Å². The molecule has 2 nitrogen and oxygen atoms in total. The molecular weight excluding hydrogens is 232 g/mol. The maximum Gasteiger partial charge on any atom is 0.119 e. The summed E-state index contributed by atoms with van der Waals surface area (Å²) in [6.45, 7) is 2.56. The summed E-state index contributed by atoms with van der Waals surface area (Å²) in [6, 6.07) is 11.7. The van der Waals surface area contributed by atoms with E-state index in [1.807, 2.05) is 48.7 Å². The zero-order valence-electron chi connectivity index (χ0n) is 9.80. The van der Waals surface area contributed by atoms with Gasteiger partial charge in [-0.05, 0) is 36.1 Å².